The molecule has 0 radical (unpaired) electrons. The molecule has 2 saturated heterocycles. The summed E-state index contributed by atoms with van der Waals surface area (Å²) >= 11 is 0. The van der Waals surface area contributed by atoms with Crippen LogP contribution < -0.4 is 0 Å². The predicted octanol–water partition coefficient (Wildman–Crippen LogP) is 4.15. The zero-order chi connectivity index (χ0) is 23.8. The number of benzene rings is 1. The third-order valence-corrected chi connectivity index (χ3v) is 6.95. The van der Waals surface area contributed by atoms with Crippen LogP contribution in [0.3, 0.4) is 0 Å². The molecule has 0 saturated carbocycles. The summed E-state index contributed by atoms with van der Waals surface area (Å²) in [6.45, 7) is 8.04. The zero-order valence-electron chi connectivity index (χ0n) is 19.7. The molecule has 1 atom stereocenters. The number of amides is 1. The van der Waals surface area contributed by atoms with Crippen LogP contribution >= 0.6 is 0 Å². The van der Waals surface area contributed by atoms with E-state index in [1.807, 2.05) is 33.0 Å². The highest BCUT2D eigenvalue weighted by Gasteiger charge is 2.39. The summed E-state index contributed by atoms with van der Waals surface area (Å²) in [6, 6.07) is 4.83. The summed E-state index contributed by atoms with van der Waals surface area (Å²) < 4.78 is 5.46. The van der Waals surface area contributed by atoms with Crippen LogP contribution in [0.1, 0.15) is 57.9 Å². The first-order chi connectivity index (χ1) is 15.6. The highest BCUT2D eigenvalue weighted by Crippen LogP contribution is 2.36. The van der Waals surface area contributed by atoms with Crippen molar-refractivity contribution in [3.05, 3.63) is 30.0 Å². The lowest BCUT2D eigenvalue weighted by Crippen LogP contribution is -2.52. The minimum Gasteiger partial charge on any atom is -0.508 e. The number of phenolic OH excluding ortho intramolecular Hbond substituents is 1. The highest BCUT2D eigenvalue weighted by molar-refractivity contribution is 5.85. The topological polar surface area (TPSA) is 106 Å². The number of carboxylic acid groups (broad SMARTS) is 1. The number of H-pyrrole nitrogens is 1. The van der Waals surface area contributed by atoms with Crippen molar-refractivity contribution in [1.82, 2.24) is 14.8 Å². The van der Waals surface area contributed by atoms with Gasteiger partial charge in [-0.25, -0.2) is 4.79 Å². The fourth-order valence-electron chi connectivity index (χ4n) is 5.34. The second-order valence-electron chi connectivity index (χ2n) is 10.4. The van der Waals surface area contributed by atoms with Crippen molar-refractivity contribution < 1.29 is 24.5 Å². The van der Waals surface area contributed by atoms with Crippen molar-refractivity contribution in [3.8, 4) is 5.75 Å². The van der Waals surface area contributed by atoms with Crippen molar-refractivity contribution in [3.63, 3.8) is 0 Å². The van der Waals surface area contributed by atoms with Crippen LogP contribution in [0.4, 0.5) is 4.79 Å². The minimum absolute atomic E-state index is 0.0165. The fraction of sp³-hybridized carbons (Fsp3) is 0.600. The first-order valence-electron chi connectivity index (χ1n) is 11.9. The van der Waals surface area contributed by atoms with E-state index < -0.39 is 17.6 Å². The van der Waals surface area contributed by atoms with Gasteiger partial charge in [-0.3, -0.25) is 9.69 Å². The second-order valence-corrected chi connectivity index (χ2v) is 10.4. The average molecular weight is 458 g/mol. The molecule has 3 N–H and O–H groups in total. The van der Waals surface area contributed by atoms with Gasteiger partial charge in [0.1, 0.15) is 17.4 Å². The molecule has 0 bridgehead atoms. The van der Waals surface area contributed by atoms with Crippen LogP contribution in [-0.2, 0) is 9.53 Å². The van der Waals surface area contributed by atoms with Gasteiger partial charge in [-0.15, -0.1) is 0 Å². The fourth-order valence-corrected chi connectivity index (χ4v) is 5.34. The lowest BCUT2D eigenvalue weighted by Gasteiger charge is -2.42. The van der Waals surface area contributed by atoms with E-state index in [1.54, 1.807) is 17.0 Å². The van der Waals surface area contributed by atoms with Gasteiger partial charge >= 0.3 is 12.1 Å². The van der Waals surface area contributed by atoms with Crippen LogP contribution in [0.15, 0.2) is 24.4 Å². The number of carbonyl (C=O) groups excluding carboxylic acids is 1. The Labute approximate surface area is 194 Å². The largest absolute Gasteiger partial charge is 0.508 e. The number of aromatic hydroxyl groups is 1. The maximum atomic E-state index is 12.3. The Kier molecular flexibility index (Phi) is 6.56. The first kappa shape index (κ1) is 23.4. The van der Waals surface area contributed by atoms with Crippen LogP contribution in [0.5, 0.6) is 5.75 Å². The lowest BCUT2D eigenvalue weighted by molar-refractivity contribution is -0.147. The molecule has 1 unspecified atom stereocenters. The van der Waals surface area contributed by atoms with Gasteiger partial charge in [-0.2, -0.15) is 0 Å². The summed E-state index contributed by atoms with van der Waals surface area (Å²) in [6.07, 6.45) is 4.78. The van der Waals surface area contributed by atoms with Gasteiger partial charge in [0.2, 0.25) is 0 Å². The number of ether oxygens (including phenoxy) is 1. The molecule has 1 aromatic heterocycles. The Balaban J connectivity index is 1.37. The van der Waals surface area contributed by atoms with Crippen molar-refractivity contribution >= 4 is 23.0 Å². The predicted molar refractivity (Wildman–Crippen MR) is 125 cm³/mol. The van der Waals surface area contributed by atoms with Gasteiger partial charge in [0.25, 0.3) is 0 Å². The molecule has 1 amide bonds. The number of hydrogen-bond acceptors (Lipinski definition) is 5. The summed E-state index contributed by atoms with van der Waals surface area (Å²) in [4.78, 5) is 31.7. The molecule has 180 valence electrons. The number of aromatic amines is 1. The normalized spacial score (nSPS) is 20.2. The monoisotopic (exact) mass is 457 g/mol. The Morgan fingerprint density at radius 1 is 1.09 bits per heavy atom. The number of likely N-dealkylation sites (tertiary alicyclic amines) is 2. The quantitative estimate of drug-likeness (QED) is 0.637. The van der Waals surface area contributed by atoms with Gasteiger partial charge in [0, 0.05) is 30.2 Å². The summed E-state index contributed by atoms with van der Waals surface area (Å²) in [5.41, 5.74) is 1.66. The van der Waals surface area contributed by atoms with Crippen molar-refractivity contribution in [2.24, 2.45) is 5.92 Å². The molecule has 3 heterocycles. The van der Waals surface area contributed by atoms with E-state index in [4.69, 9.17) is 4.74 Å². The van der Waals surface area contributed by atoms with Crippen LogP contribution in [0, 0.1) is 5.92 Å². The number of nitrogens with zero attached hydrogens (tertiary/aromatic N) is 2. The number of hydrogen-bond donors (Lipinski definition) is 3. The van der Waals surface area contributed by atoms with Crippen molar-refractivity contribution in [1.29, 1.82) is 0 Å². The van der Waals surface area contributed by atoms with Crippen molar-refractivity contribution in [2.45, 2.75) is 64.0 Å². The van der Waals surface area contributed by atoms with E-state index in [-0.39, 0.29) is 17.8 Å². The number of piperidine rings is 2. The van der Waals surface area contributed by atoms with Crippen LogP contribution in [0.2, 0.25) is 0 Å². The molecule has 33 heavy (non-hydrogen) atoms. The molecule has 4 rings (SSSR count). The molecule has 2 aromatic rings. The number of carbonyl (C=O) groups is 2. The van der Waals surface area contributed by atoms with Crippen molar-refractivity contribution in [2.75, 3.05) is 26.2 Å². The Hall–Kier alpha value is -2.74. The maximum absolute atomic E-state index is 12.3. The van der Waals surface area contributed by atoms with E-state index in [2.05, 4.69) is 9.88 Å². The first-order valence-corrected chi connectivity index (χ1v) is 11.9. The molecule has 0 spiro atoms. The number of carboxylic acids is 1. The van der Waals surface area contributed by atoms with Gasteiger partial charge in [0.15, 0.2) is 0 Å². The minimum atomic E-state index is -0.777. The third-order valence-electron chi connectivity index (χ3n) is 6.95. The summed E-state index contributed by atoms with van der Waals surface area (Å²) in [5, 5.41) is 21.0. The zero-order valence-corrected chi connectivity index (χ0v) is 19.7. The number of nitrogens with one attached hydrogen (secondary N) is 1. The number of fused-ring (bicyclic) bond motifs is 1. The standard InChI is InChI=1S/C25H35N3O5/c1-25(2,3)33-24(32)28-12-8-17(9-13-28)22(23(30)31)27-10-6-16(7-11-27)20-15-26-21-5-4-18(29)14-19(20)21/h4-5,14-17,22,26,29H,6-13H2,1-3H3,(H,30,31). The molecule has 1 aromatic carbocycles. The molecular weight excluding hydrogens is 422 g/mol. The second kappa shape index (κ2) is 9.25. The van der Waals surface area contributed by atoms with E-state index >= 15 is 0 Å². The summed E-state index contributed by atoms with van der Waals surface area (Å²) in [7, 11) is 0. The lowest BCUT2D eigenvalue weighted by atomic mass is 9.84. The number of phenols is 1. The van der Waals surface area contributed by atoms with Gasteiger partial charge in [-0.1, -0.05) is 0 Å². The molecule has 8 heteroatoms. The average Bonchev–Trinajstić information content (AvgIpc) is 3.16. The molecule has 2 aliphatic heterocycles. The van der Waals surface area contributed by atoms with Gasteiger partial charge < -0.3 is 24.8 Å². The SMILES string of the molecule is CC(C)(C)OC(=O)N1CCC(C(C(=O)O)N2CCC(c3c[nH]c4ccc(O)cc34)CC2)CC1. The Morgan fingerprint density at radius 2 is 1.76 bits per heavy atom. The van der Waals surface area contributed by atoms with E-state index in [9.17, 15) is 19.8 Å². The molecule has 0 aliphatic carbocycles. The third kappa shape index (κ3) is 5.27. The molecule has 8 nitrogen and oxygen atoms in total. The Bertz CT molecular complexity index is 995. The smallest absolute Gasteiger partial charge is 0.410 e. The molecular formula is C25H35N3O5. The highest BCUT2D eigenvalue weighted by atomic mass is 16.6. The number of rotatable bonds is 4. The van der Waals surface area contributed by atoms with Crippen LogP contribution in [0.25, 0.3) is 10.9 Å². The number of aliphatic carboxylic acids is 1. The molecule has 2 aliphatic rings. The van der Waals surface area contributed by atoms with E-state index in [1.165, 1.54) is 5.56 Å². The van der Waals surface area contributed by atoms with E-state index in [0.29, 0.717) is 31.8 Å². The molecule has 2 fully saturated rings. The van der Waals surface area contributed by atoms with E-state index in [0.717, 1.165) is 36.8 Å². The summed E-state index contributed by atoms with van der Waals surface area (Å²) in [5.74, 6) is -0.173. The van der Waals surface area contributed by atoms with Crippen LogP contribution in [-0.4, -0.2) is 74.9 Å². The number of aromatic nitrogens is 1. The van der Waals surface area contributed by atoms with Gasteiger partial charge in [-0.05, 0) is 95.1 Å². The maximum Gasteiger partial charge on any atom is 0.410 e. The van der Waals surface area contributed by atoms with Gasteiger partial charge in [0.05, 0.1) is 0 Å². The Morgan fingerprint density at radius 3 is 2.36 bits per heavy atom.